The van der Waals surface area contributed by atoms with Crippen molar-refractivity contribution in [3.8, 4) is 0 Å². The lowest BCUT2D eigenvalue weighted by Crippen LogP contribution is -2.36. The molecule has 23 heavy (non-hydrogen) atoms. The lowest BCUT2D eigenvalue weighted by atomic mass is 10.3. The van der Waals surface area contributed by atoms with E-state index in [1.54, 1.807) is 37.0 Å². The van der Waals surface area contributed by atoms with Gasteiger partial charge in [-0.15, -0.1) is 0 Å². The van der Waals surface area contributed by atoms with Crippen molar-refractivity contribution in [3.05, 3.63) is 28.2 Å². The molecule has 0 spiro atoms. The first kappa shape index (κ1) is 18.4. The lowest BCUT2D eigenvalue weighted by Gasteiger charge is -2.16. The van der Waals surface area contributed by atoms with Crippen LogP contribution in [0.1, 0.15) is 0 Å². The quantitative estimate of drug-likeness (QED) is 0.836. The summed E-state index contributed by atoms with van der Waals surface area (Å²) in [5.41, 5.74) is 0.538. The predicted molar refractivity (Wildman–Crippen MR) is 99.9 cm³/mol. The number of halogens is 2. The summed E-state index contributed by atoms with van der Waals surface area (Å²) >= 11 is 14.8. The van der Waals surface area contributed by atoms with Crippen LogP contribution in [0.15, 0.2) is 23.2 Å². The molecule has 2 rings (SSSR count). The van der Waals surface area contributed by atoms with Gasteiger partial charge in [-0.05, 0) is 18.2 Å². The number of likely N-dealkylation sites (N-methyl/N-ethyl adjacent to an activating group) is 1. The van der Waals surface area contributed by atoms with Crippen LogP contribution in [0.3, 0.4) is 0 Å². The number of amides is 2. The molecule has 0 saturated carbocycles. The summed E-state index contributed by atoms with van der Waals surface area (Å²) < 4.78 is 0.937. The highest BCUT2D eigenvalue weighted by molar-refractivity contribution is 8.39. The Morgan fingerprint density at radius 2 is 2.17 bits per heavy atom. The van der Waals surface area contributed by atoms with Crippen LogP contribution in [-0.4, -0.2) is 52.7 Å². The zero-order chi connectivity index (χ0) is 16.8. The molecule has 0 radical (unpaired) electrons. The van der Waals surface area contributed by atoms with Crippen molar-refractivity contribution in [3.63, 3.8) is 0 Å². The summed E-state index contributed by atoms with van der Waals surface area (Å²) in [6.07, 6.45) is 0. The molecule has 1 N–H and O–H groups in total. The van der Waals surface area contributed by atoms with Crippen LogP contribution >= 0.6 is 46.7 Å². The van der Waals surface area contributed by atoms with E-state index in [1.165, 1.54) is 16.7 Å². The molecule has 0 atom stereocenters. The van der Waals surface area contributed by atoms with Crippen LogP contribution in [0.5, 0.6) is 0 Å². The molecule has 0 saturated heterocycles. The summed E-state index contributed by atoms with van der Waals surface area (Å²) in [6, 6.07) is 4.82. The Bertz CT molecular complexity index is 640. The van der Waals surface area contributed by atoms with Gasteiger partial charge < -0.3 is 10.2 Å². The van der Waals surface area contributed by atoms with Gasteiger partial charge in [0.05, 0.1) is 28.9 Å². The minimum Gasteiger partial charge on any atom is -0.336 e. The molecule has 0 fully saturated rings. The largest absolute Gasteiger partial charge is 0.336 e. The fraction of sp³-hybridized carbons (Fsp3) is 0.357. The summed E-state index contributed by atoms with van der Waals surface area (Å²) in [6.45, 7) is 0.780. The Morgan fingerprint density at radius 3 is 2.83 bits per heavy atom. The van der Waals surface area contributed by atoms with Gasteiger partial charge in [-0.25, -0.2) is 0 Å². The Hall–Kier alpha value is -0.890. The molecule has 5 nitrogen and oxygen atoms in total. The fourth-order valence-electron chi connectivity index (χ4n) is 1.71. The standard InChI is InChI=1S/C14H15Cl2N3O2S2/c1-19(13(21)8-23-14-17-4-5-22-14)7-12(20)18-9-2-3-10(15)11(16)6-9/h2-3,6H,4-5,7-8H2,1H3,(H,18,20). The first-order valence-electron chi connectivity index (χ1n) is 6.74. The smallest absolute Gasteiger partial charge is 0.243 e. The molecule has 124 valence electrons. The second-order valence-electron chi connectivity index (χ2n) is 4.71. The third kappa shape index (κ3) is 5.91. The van der Waals surface area contributed by atoms with Gasteiger partial charge in [-0.3, -0.25) is 14.6 Å². The minimum absolute atomic E-state index is 0.0285. The van der Waals surface area contributed by atoms with E-state index in [2.05, 4.69) is 10.3 Å². The molecule has 1 aromatic rings. The molecule has 0 aromatic heterocycles. The van der Waals surface area contributed by atoms with Gasteiger partial charge in [0.2, 0.25) is 11.8 Å². The number of carbonyl (C=O) groups is 2. The van der Waals surface area contributed by atoms with Crippen molar-refractivity contribution >= 4 is 68.6 Å². The van der Waals surface area contributed by atoms with Gasteiger partial charge in [0.25, 0.3) is 0 Å². The van der Waals surface area contributed by atoms with E-state index in [4.69, 9.17) is 23.2 Å². The Labute approximate surface area is 153 Å². The van der Waals surface area contributed by atoms with Gasteiger partial charge in [0.15, 0.2) is 0 Å². The molecular weight excluding hydrogens is 377 g/mol. The second-order valence-corrected chi connectivity index (χ2v) is 7.83. The van der Waals surface area contributed by atoms with Crippen LogP contribution in [-0.2, 0) is 9.59 Å². The van der Waals surface area contributed by atoms with Crippen molar-refractivity contribution in [1.82, 2.24) is 4.90 Å². The number of nitrogens with one attached hydrogen (secondary N) is 1. The molecule has 1 aliphatic rings. The van der Waals surface area contributed by atoms with Crippen molar-refractivity contribution in [2.24, 2.45) is 4.99 Å². The van der Waals surface area contributed by atoms with Crippen molar-refractivity contribution in [2.75, 3.05) is 37.0 Å². The van der Waals surface area contributed by atoms with E-state index < -0.39 is 0 Å². The molecule has 0 unspecified atom stereocenters. The van der Waals surface area contributed by atoms with Crippen LogP contribution in [0, 0.1) is 0 Å². The zero-order valence-corrected chi connectivity index (χ0v) is 15.5. The first-order valence-corrected chi connectivity index (χ1v) is 9.47. The Balaban J connectivity index is 1.78. The fourth-order valence-corrected chi connectivity index (χ4v) is 3.96. The molecule has 1 heterocycles. The van der Waals surface area contributed by atoms with Crippen LogP contribution in [0.2, 0.25) is 10.0 Å². The molecule has 0 bridgehead atoms. The Morgan fingerprint density at radius 1 is 1.39 bits per heavy atom. The molecule has 2 amide bonds. The number of rotatable bonds is 5. The van der Waals surface area contributed by atoms with Crippen LogP contribution < -0.4 is 5.32 Å². The van der Waals surface area contributed by atoms with E-state index in [-0.39, 0.29) is 24.1 Å². The maximum atomic E-state index is 12.0. The topological polar surface area (TPSA) is 61.8 Å². The summed E-state index contributed by atoms with van der Waals surface area (Å²) in [5.74, 6) is 0.840. The Kier molecular flexibility index (Phi) is 7.08. The highest BCUT2D eigenvalue weighted by Gasteiger charge is 2.16. The SMILES string of the molecule is CN(CC(=O)Nc1ccc(Cl)c(Cl)c1)C(=O)CSC1=NCCS1. The predicted octanol–water partition coefficient (Wildman–Crippen LogP) is 3.23. The van der Waals surface area contributed by atoms with Gasteiger partial charge in [-0.2, -0.15) is 0 Å². The third-order valence-electron chi connectivity index (χ3n) is 2.89. The van der Waals surface area contributed by atoms with E-state index >= 15 is 0 Å². The van der Waals surface area contributed by atoms with Gasteiger partial charge in [0.1, 0.15) is 4.38 Å². The molecule has 1 aromatic carbocycles. The molecular formula is C14H15Cl2N3O2S2. The maximum Gasteiger partial charge on any atom is 0.243 e. The number of carbonyl (C=O) groups excluding carboxylic acids is 2. The molecule has 9 heteroatoms. The number of hydrogen-bond acceptors (Lipinski definition) is 5. The highest BCUT2D eigenvalue weighted by Crippen LogP contribution is 2.25. The number of nitrogens with zero attached hydrogens (tertiary/aromatic N) is 2. The zero-order valence-electron chi connectivity index (χ0n) is 12.3. The third-order valence-corrected chi connectivity index (χ3v) is 5.86. The average molecular weight is 392 g/mol. The monoisotopic (exact) mass is 391 g/mol. The van der Waals surface area contributed by atoms with E-state index in [9.17, 15) is 9.59 Å². The minimum atomic E-state index is -0.295. The summed E-state index contributed by atoms with van der Waals surface area (Å²) in [5, 5.41) is 3.46. The van der Waals surface area contributed by atoms with E-state index in [0.717, 1.165) is 16.7 Å². The highest BCUT2D eigenvalue weighted by atomic mass is 35.5. The second kappa shape index (κ2) is 8.82. The van der Waals surface area contributed by atoms with E-state index in [1.807, 2.05) is 0 Å². The number of thioether (sulfide) groups is 2. The van der Waals surface area contributed by atoms with Gasteiger partial charge in [0, 0.05) is 18.5 Å². The van der Waals surface area contributed by atoms with E-state index in [0.29, 0.717) is 15.7 Å². The van der Waals surface area contributed by atoms with Crippen molar-refractivity contribution in [2.45, 2.75) is 0 Å². The van der Waals surface area contributed by atoms with Crippen molar-refractivity contribution < 1.29 is 9.59 Å². The van der Waals surface area contributed by atoms with Gasteiger partial charge in [-0.1, -0.05) is 46.7 Å². The van der Waals surface area contributed by atoms with Gasteiger partial charge >= 0.3 is 0 Å². The summed E-state index contributed by atoms with van der Waals surface area (Å²) in [7, 11) is 1.60. The molecule has 1 aliphatic heterocycles. The number of aliphatic imine (C=N–C) groups is 1. The number of anilines is 1. The average Bonchev–Trinajstić information content (AvgIpc) is 3.01. The van der Waals surface area contributed by atoms with Crippen LogP contribution in [0.4, 0.5) is 5.69 Å². The van der Waals surface area contributed by atoms with Crippen molar-refractivity contribution in [1.29, 1.82) is 0 Å². The molecule has 0 aliphatic carbocycles. The maximum absolute atomic E-state index is 12.0. The normalized spacial score (nSPS) is 13.6. The lowest BCUT2D eigenvalue weighted by molar-refractivity contribution is -0.131. The summed E-state index contributed by atoms with van der Waals surface area (Å²) in [4.78, 5) is 29.6. The first-order chi connectivity index (χ1) is 11.0. The number of benzene rings is 1. The van der Waals surface area contributed by atoms with Crippen LogP contribution in [0.25, 0.3) is 0 Å². The number of hydrogen-bond donors (Lipinski definition) is 1.